The van der Waals surface area contributed by atoms with Crippen LogP contribution in [0.1, 0.15) is 11.7 Å². The number of fused-ring (bicyclic) bond motifs is 1. The average molecular weight is 401 g/mol. The Morgan fingerprint density at radius 2 is 1.87 bits per heavy atom. The highest BCUT2D eigenvalue weighted by Crippen LogP contribution is 2.36. The van der Waals surface area contributed by atoms with E-state index in [0.29, 0.717) is 5.56 Å². The van der Waals surface area contributed by atoms with Gasteiger partial charge in [0.2, 0.25) is 0 Å². The van der Waals surface area contributed by atoms with Gasteiger partial charge in [-0.15, -0.1) is 0 Å². The molecule has 0 bridgehead atoms. The largest absolute Gasteiger partial charge is 0.496 e. The molecule has 0 aliphatic carbocycles. The quantitative estimate of drug-likeness (QED) is 0.529. The molecular formula is C24H23N3O3. The van der Waals surface area contributed by atoms with Crippen LogP contribution in [-0.2, 0) is 4.79 Å². The van der Waals surface area contributed by atoms with E-state index in [2.05, 4.69) is 16.0 Å². The summed E-state index contributed by atoms with van der Waals surface area (Å²) >= 11 is 0. The van der Waals surface area contributed by atoms with Gasteiger partial charge in [-0.05, 0) is 29.3 Å². The number of hydrogen-bond acceptors (Lipinski definition) is 4. The van der Waals surface area contributed by atoms with E-state index in [4.69, 9.17) is 4.74 Å². The molecule has 0 saturated carbocycles. The number of aliphatic hydroxyl groups excluding tert-OH is 1. The summed E-state index contributed by atoms with van der Waals surface area (Å²) in [4.78, 5) is 21.3. The number of carbonyl (C=O) groups is 1. The molecule has 0 spiro atoms. The molecule has 2 heterocycles. The summed E-state index contributed by atoms with van der Waals surface area (Å²) in [5.74, 6) is 0.431. The third kappa shape index (κ3) is 3.53. The van der Waals surface area contributed by atoms with Gasteiger partial charge in [-0.25, -0.2) is 4.98 Å². The zero-order valence-corrected chi connectivity index (χ0v) is 17.1. The first-order chi connectivity index (χ1) is 14.5. The first-order valence-electron chi connectivity index (χ1n) is 9.59. The molecule has 0 saturated heterocycles. The van der Waals surface area contributed by atoms with Crippen LogP contribution in [0.15, 0.2) is 67.0 Å². The number of aromatic amines is 1. The van der Waals surface area contributed by atoms with Crippen LogP contribution in [0, 0.1) is 0 Å². The van der Waals surface area contributed by atoms with E-state index in [-0.39, 0.29) is 5.91 Å². The number of para-hydroxylation sites is 1. The predicted octanol–water partition coefficient (Wildman–Crippen LogP) is 4.03. The first-order valence-corrected chi connectivity index (χ1v) is 9.59. The van der Waals surface area contributed by atoms with Gasteiger partial charge in [-0.2, -0.15) is 0 Å². The van der Waals surface area contributed by atoms with E-state index in [0.717, 1.165) is 39.0 Å². The van der Waals surface area contributed by atoms with Crippen LogP contribution >= 0.6 is 0 Å². The lowest BCUT2D eigenvalue weighted by Gasteiger charge is -2.16. The Hall–Kier alpha value is -3.64. The number of hydrogen-bond donors (Lipinski definition) is 2. The van der Waals surface area contributed by atoms with E-state index in [9.17, 15) is 9.90 Å². The van der Waals surface area contributed by atoms with Crippen LogP contribution in [-0.4, -0.2) is 47.1 Å². The number of ether oxygens (including phenoxy) is 1. The van der Waals surface area contributed by atoms with Gasteiger partial charge in [0.05, 0.1) is 7.11 Å². The number of nitrogens with one attached hydrogen (secondary N) is 1. The summed E-state index contributed by atoms with van der Waals surface area (Å²) in [6, 6.07) is 17.2. The lowest BCUT2D eigenvalue weighted by molar-refractivity contribution is -0.137. The average Bonchev–Trinajstić information content (AvgIpc) is 3.21. The van der Waals surface area contributed by atoms with Crippen molar-refractivity contribution in [2.24, 2.45) is 0 Å². The summed E-state index contributed by atoms with van der Waals surface area (Å²) in [6.45, 7) is 0. The van der Waals surface area contributed by atoms with Crippen LogP contribution in [0.2, 0.25) is 0 Å². The molecule has 152 valence electrons. The van der Waals surface area contributed by atoms with Crippen molar-refractivity contribution in [3.05, 3.63) is 72.6 Å². The molecule has 1 unspecified atom stereocenters. The van der Waals surface area contributed by atoms with Crippen LogP contribution in [0.3, 0.4) is 0 Å². The van der Waals surface area contributed by atoms with Crippen LogP contribution in [0.5, 0.6) is 5.75 Å². The van der Waals surface area contributed by atoms with Crippen molar-refractivity contribution in [1.82, 2.24) is 14.9 Å². The molecule has 4 aromatic rings. The van der Waals surface area contributed by atoms with Gasteiger partial charge in [0.1, 0.15) is 11.4 Å². The van der Waals surface area contributed by atoms with Crippen LogP contribution in [0.25, 0.3) is 33.3 Å². The van der Waals surface area contributed by atoms with Crippen molar-refractivity contribution in [2.45, 2.75) is 6.10 Å². The molecule has 1 atom stereocenters. The van der Waals surface area contributed by atoms with Gasteiger partial charge in [-0.3, -0.25) is 4.79 Å². The molecule has 0 radical (unpaired) electrons. The number of aliphatic hydroxyl groups is 1. The summed E-state index contributed by atoms with van der Waals surface area (Å²) in [6.07, 6.45) is 2.51. The molecule has 0 aliphatic heterocycles. The number of amides is 1. The number of aromatic nitrogens is 2. The van der Waals surface area contributed by atoms with Gasteiger partial charge < -0.3 is 19.7 Å². The zero-order valence-electron chi connectivity index (χ0n) is 17.1. The molecule has 6 heteroatoms. The van der Waals surface area contributed by atoms with E-state index >= 15 is 0 Å². The molecule has 2 aromatic carbocycles. The van der Waals surface area contributed by atoms with E-state index < -0.39 is 6.10 Å². The maximum Gasteiger partial charge on any atom is 0.255 e. The Morgan fingerprint density at radius 1 is 1.07 bits per heavy atom. The number of rotatable bonds is 5. The van der Waals surface area contributed by atoms with E-state index in [1.54, 1.807) is 33.5 Å². The Kier molecular flexibility index (Phi) is 5.25. The van der Waals surface area contributed by atoms with Crippen molar-refractivity contribution >= 4 is 16.9 Å². The second-order valence-corrected chi connectivity index (χ2v) is 7.28. The summed E-state index contributed by atoms with van der Waals surface area (Å²) < 4.78 is 5.52. The molecule has 0 aliphatic rings. The topological polar surface area (TPSA) is 78.5 Å². The molecule has 4 rings (SSSR count). The molecule has 2 aromatic heterocycles. The van der Waals surface area contributed by atoms with E-state index in [1.807, 2.05) is 48.7 Å². The van der Waals surface area contributed by atoms with Gasteiger partial charge in [0.25, 0.3) is 5.91 Å². The Labute approximate surface area is 174 Å². The zero-order chi connectivity index (χ0) is 21.3. The number of nitrogens with zero attached hydrogens (tertiary/aromatic N) is 2. The minimum atomic E-state index is -1.20. The lowest BCUT2D eigenvalue weighted by atomic mass is 9.99. The summed E-state index contributed by atoms with van der Waals surface area (Å²) in [7, 11) is 4.90. The Morgan fingerprint density at radius 3 is 2.63 bits per heavy atom. The Bertz CT molecular complexity index is 1210. The monoisotopic (exact) mass is 401 g/mol. The predicted molar refractivity (Wildman–Crippen MR) is 117 cm³/mol. The number of likely N-dealkylation sites (N-methyl/N-ethyl adjacent to an activating group) is 1. The smallest absolute Gasteiger partial charge is 0.255 e. The fraction of sp³-hybridized carbons (Fsp3) is 0.167. The highest BCUT2D eigenvalue weighted by Gasteiger charge is 2.20. The second kappa shape index (κ2) is 8.00. The normalized spacial score (nSPS) is 12.0. The van der Waals surface area contributed by atoms with Crippen molar-refractivity contribution < 1.29 is 14.6 Å². The fourth-order valence-electron chi connectivity index (χ4n) is 3.53. The third-order valence-electron chi connectivity index (χ3n) is 5.14. The third-order valence-corrected chi connectivity index (χ3v) is 5.14. The standard InChI is InChI=1S/C24H23N3O3/c1-27(2)24(29)22(28)16-8-6-7-15(11-16)17-12-19-20(14-26-23(19)25-13-17)18-9-4-5-10-21(18)30-3/h4-14,22,28H,1-3H3,(H,25,26). The fourth-order valence-corrected chi connectivity index (χ4v) is 3.53. The van der Waals surface area contributed by atoms with Gasteiger partial charge >= 0.3 is 0 Å². The van der Waals surface area contributed by atoms with Crippen molar-refractivity contribution in [3.63, 3.8) is 0 Å². The molecular weight excluding hydrogens is 378 g/mol. The molecule has 1 amide bonds. The minimum Gasteiger partial charge on any atom is -0.496 e. The molecule has 2 N–H and O–H groups in total. The summed E-state index contributed by atoms with van der Waals surface area (Å²) in [5, 5.41) is 11.4. The summed E-state index contributed by atoms with van der Waals surface area (Å²) in [5.41, 5.74) is 5.06. The van der Waals surface area contributed by atoms with E-state index in [1.165, 1.54) is 4.90 Å². The highest BCUT2D eigenvalue weighted by molar-refractivity contribution is 5.97. The number of H-pyrrole nitrogens is 1. The molecule has 6 nitrogen and oxygen atoms in total. The minimum absolute atomic E-state index is 0.357. The number of benzene rings is 2. The number of pyridine rings is 1. The second-order valence-electron chi connectivity index (χ2n) is 7.28. The maximum atomic E-state index is 12.1. The van der Waals surface area contributed by atoms with Crippen molar-refractivity contribution in [3.8, 4) is 28.0 Å². The SMILES string of the molecule is COc1ccccc1-c1c[nH]c2ncc(-c3cccc(C(O)C(=O)N(C)C)c3)cc12. The van der Waals surface area contributed by atoms with Crippen LogP contribution in [0.4, 0.5) is 0 Å². The maximum absolute atomic E-state index is 12.1. The van der Waals surface area contributed by atoms with Gasteiger partial charge in [0.15, 0.2) is 6.10 Å². The highest BCUT2D eigenvalue weighted by atomic mass is 16.5. The Balaban J connectivity index is 1.78. The van der Waals surface area contributed by atoms with Crippen molar-refractivity contribution in [2.75, 3.05) is 21.2 Å². The number of carbonyl (C=O) groups excluding carboxylic acids is 1. The number of methoxy groups -OCH3 is 1. The lowest BCUT2D eigenvalue weighted by Crippen LogP contribution is -2.28. The molecule has 30 heavy (non-hydrogen) atoms. The van der Waals surface area contributed by atoms with Crippen molar-refractivity contribution in [1.29, 1.82) is 0 Å². The molecule has 0 fully saturated rings. The first kappa shape index (κ1) is 19.7. The van der Waals surface area contributed by atoms with Gasteiger partial charge in [-0.1, -0.05) is 36.4 Å². The van der Waals surface area contributed by atoms with Crippen LogP contribution < -0.4 is 4.74 Å². The van der Waals surface area contributed by atoms with Gasteiger partial charge in [0, 0.05) is 48.6 Å².